The van der Waals surface area contributed by atoms with Gasteiger partial charge in [-0.05, 0) is 24.7 Å². The van der Waals surface area contributed by atoms with Gasteiger partial charge in [0.15, 0.2) is 0 Å². The lowest BCUT2D eigenvalue weighted by molar-refractivity contribution is 0.244. The first-order chi connectivity index (χ1) is 15.9. The van der Waals surface area contributed by atoms with Crippen molar-refractivity contribution in [2.75, 3.05) is 13.1 Å². The van der Waals surface area contributed by atoms with Gasteiger partial charge in [-0.15, -0.1) is 0 Å². The molecule has 0 bridgehead atoms. The Morgan fingerprint density at radius 1 is 0.438 bits per heavy atom. The molecule has 0 amide bonds. The van der Waals surface area contributed by atoms with Crippen molar-refractivity contribution in [1.29, 1.82) is 0 Å². The first kappa shape index (κ1) is 28.8. The van der Waals surface area contributed by atoms with Crippen molar-refractivity contribution < 1.29 is 9.59 Å². The molecule has 184 valence electrons. The van der Waals surface area contributed by atoms with E-state index in [2.05, 4.69) is 9.98 Å². The van der Waals surface area contributed by atoms with Gasteiger partial charge in [0, 0.05) is 0 Å². The predicted octanol–water partition coefficient (Wildman–Crippen LogP) is 8.49. The Morgan fingerprint density at radius 3 is 1.03 bits per heavy atom. The number of nitrogens with zero attached hydrogens (tertiary/aromatic N) is 2. The van der Waals surface area contributed by atoms with Crippen molar-refractivity contribution in [3.8, 4) is 0 Å². The number of hydrogen-bond donors (Lipinski definition) is 0. The number of carbonyl (C=O) groups excluding carboxylic acids is 2. The average Bonchev–Trinajstić information content (AvgIpc) is 2.82. The van der Waals surface area contributed by atoms with Crippen LogP contribution >= 0.6 is 0 Å². The minimum absolute atomic E-state index is 0.661. The molecule has 0 aliphatic heterocycles. The summed E-state index contributed by atoms with van der Waals surface area (Å²) >= 11 is 0. The summed E-state index contributed by atoms with van der Waals surface area (Å²) in [6, 6.07) is 0. The molecule has 0 aromatic heterocycles. The van der Waals surface area contributed by atoms with E-state index < -0.39 is 0 Å². The van der Waals surface area contributed by atoms with Crippen LogP contribution in [0.3, 0.4) is 0 Å². The van der Waals surface area contributed by atoms with Gasteiger partial charge in [-0.2, -0.15) is 0 Å². The highest BCUT2D eigenvalue weighted by Crippen LogP contribution is 2.34. The number of rotatable bonds is 22. The molecule has 1 aliphatic rings. The summed E-state index contributed by atoms with van der Waals surface area (Å²) in [7, 11) is 0. The normalized spacial score (nSPS) is 18.1. The molecule has 0 unspecified atom stereocenters. The van der Waals surface area contributed by atoms with Gasteiger partial charge in [-0.25, -0.2) is 19.6 Å². The summed E-state index contributed by atoms with van der Waals surface area (Å²) in [5.41, 5.74) is 0. The van der Waals surface area contributed by atoms with Crippen LogP contribution in [-0.2, 0) is 9.59 Å². The number of hydrogen-bond acceptors (Lipinski definition) is 4. The van der Waals surface area contributed by atoms with Gasteiger partial charge in [0.25, 0.3) is 0 Å². The zero-order valence-corrected chi connectivity index (χ0v) is 20.8. The van der Waals surface area contributed by atoms with E-state index in [1.54, 1.807) is 12.2 Å². The van der Waals surface area contributed by atoms with Gasteiger partial charge < -0.3 is 0 Å². The molecular formula is C28H50N2O2. The highest BCUT2D eigenvalue weighted by Gasteiger charge is 2.20. The van der Waals surface area contributed by atoms with E-state index in [-0.39, 0.29) is 0 Å². The maximum absolute atomic E-state index is 9.99. The van der Waals surface area contributed by atoms with Crippen LogP contribution in [0.2, 0.25) is 0 Å². The first-order valence-electron chi connectivity index (χ1n) is 13.9. The molecule has 0 saturated heterocycles. The van der Waals surface area contributed by atoms with Gasteiger partial charge in [0.1, 0.15) is 0 Å². The molecule has 0 radical (unpaired) electrons. The molecule has 0 N–H and O–H groups in total. The van der Waals surface area contributed by atoms with Crippen molar-refractivity contribution in [3.05, 3.63) is 0 Å². The molecule has 0 heterocycles. The lowest BCUT2D eigenvalue weighted by Crippen LogP contribution is -2.14. The maximum Gasteiger partial charge on any atom is 0.234 e. The van der Waals surface area contributed by atoms with E-state index in [0.717, 1.165) is 24.7 Å². The van der Waals surface area contributed by atoms with Crippen LogP contribution in [0.25, 0.3) is 0 Å². The van der Waals surface area contributed by atoms with Crippen LogP contribution in [0.4, 0.5) is 0 Å². The second kappa shape index (κ2) is 22.9. The highest BCUT2D eigenvalue weighted by molar-refractivity contribution is 5.32. The van der Waals surface area contributed by atoms with Crippen LogP contribution in [0.15, 0.2) is 9.98 Å². The van der Waals surface area contributed by atoms with Crippen LogP contribution in [0, 0.1) is 11.8 Å². The smallest absolute Gasteiger partial charge is 0.211 e. The Bertz CT molecular complexity index is 456. The lowest BCUT2D eigenvalue weighted by Gasteiger charge is -2.28. The number of isocyanates is 2. The second-order valence-electron chi connectivity index (χ2n) is 10.1. The van der Waals surface area contributed by atoms with E-state index in [1.165, 1.54) is 128 Å². The van der Waals surface area contributed by atoms with E-state index >= 15 is 0 Å². The van der Waals surface area contributed by atoms with E-state index in [4.69, 9.17) is 0 Å². The quantitative estimate of drug-likeness (QED) is 0.0950. The predicted molar refractivity (Wildman–Crippen MR) is 135 cm³/mol. The minimum Gasteiger partial charge on any atom is -0.211 e. The van der Waals surface area contributed by atoms with E-state index in [9.17, 15) is 9.59 Å². The first-order valence-corrected chi connectivity index (χ1v) is 13.9. The van der Waals surface area contributed by atoms with Crippen molar-refractivity contribution in [2.45, 2.75) is 141 Å². The van der Waals surface area contributed by atoms with E-state index in [1.807, 2.05) is 0 Å². The molecule has 1 fully saturated rings. The standard InChI is InChI=1S/C28H50N2O2/c31-25-29-23-15-11-7-3-1-5-9-13-17-27-19-21-28(22-20-27)18-14-10-6-2-4-8-12-16-24-30-26-32/h27-28H,1-24H2. The zero-order valence-electron chi connectivity index (χ0n) is 20.8. The van der Waals surface area contributed by atoms with Crippen LogP contribution in [-0.4, -0.2) is 25.2 Å². The molecule has 0 spiro atoms. The van der Waals surface area contributed by atoms with Crippen molar-refractivity contribution in [3.63, 3.8) is 0 Å². The monoisotopic (exact) mass is 446 g/mol. The van der Waals surface area contributed by atoms with Crippen LogP contribution in [0.1, 0.15) is 141 Å². The SMILES string of the molecule is O=C=NCCCCCCCCCCC1CCC(CCCCCCCCCCN=C=O)CC1. The summed E-state index contributed by atoms with van der Waals surface area (Å²) in [5.74, 6) is 2.03. The number of unbranched alkanes of at least 4 members (excludes halogenated alkanes) is 14. The van der Waals surface area contributed by atoms with Crippen LogP contribution in [0.5, 0.6) is 0 Å². The van der Waals surface area contributed by atoms with Crippen molar-refractivity contribution in [1.82, 2.24) is 0 Å². The Balaban J connectivity index is 1.81. The largest absolute Gasteiger partial charge is 0.234 e. The maximum atomic E-state index is 9.99. The second-order valence-corrected chi connectivity index (χ2v) is 10.1. The van der Waals surface area contributed by atoms with Gasteiger partial charge >= 0.3 is 0 Å². The van der Waals surface area contributed by atoms with E-state index in [0.29, 0.717) is 13.1 Å². The van der Waals surface area contributed by atoms with Gasteiger partial charge in [0.2, 0.25) is 12.2 Å². The fraction of sp³-hybridized carbons (Fsp3) is 0.929. The fourth-order valence-electron chi connectivity index (χ4n) is 5.27. The Hall–Kier alpha value is -1.24. The molecule has 4 nitrogen and oxygen atoms in total. The fourth-order valence-corrected chi connectivity index (χ4v) is 5.27. The summed E-state index contributed by atoms with van der Waals surface area (Å²) in [5, 5.41) is 0. The third kappa shape index (κ3) is 18.3. The summed E-state index contributed by atoms with van der Waals surface area (Å²) in [6.45, 7) is 1.32. The zero-order chi connectivity index (χ0) is 23.0. The molecule has 0 atom stereocenters. The molecule has 1 rings (SSSR count). The molecule has 1 aliphatic carbocycles. The highest BCUT2D eigenvalue weighted by atomic mass is 16.1. The Morgan fingerprint density at radius 2 is 0.719 bits per heavy atom. The lowest BCUT2D eigenvalue weighted by atomic mass is 9.78. The summed E-state index contributed by atoms with van der Waals surface area (Å²) in [6.07, 6.45) is 33.1. The van der Waals surface area contributed by atoms with Gasteiger partial charge in [-0.1, -0.05) is 128 Å². The average molecular weight is 447 g/mol. The topological polar surface area (TPSA) is 58.9 Å². The molecular weight excluding hydrogens is 396 g/mol. The van der Waals surface area contributed by atoms with Gasteiger partial charge in [0.05, 0.1) is 13.1 Å². The third-order valence-corrected chi connectivity index (χ3v) is 7.36. The van der Waals surface area contributed by atoms with Crippen molar-refractivity contribution >= 4 is 12.2 Å². The molecule has 32 heavy (non-hydrogen) atoms. The molecule has 0 aromatic rings. The summed E-state index contributed by atoms with van der Waals surface area (Å²) < 4.78 is 0. The Labute approximate surface area is 198 Å². The van der Waals surface area contributed by atoms with Crippen molar-refractivity contribution in [2.24, 2.45) is 21.8 Å². The van der Waals surface area contributed by atoms with Crippen LogP contribution < -0.4 is 0 Å². The number of aliphatic imine (C=N–C) groups is 2. The third-order valence-electron chi connectivity index (χ3n) is 7.36. The summed E-state index contributed by atoms with van der Waals surface area (Å²) in [4.78, 5) is 27.2. The molecule has 4 heteroatoms. The minimum atomic E-state index is 0.661. The molecule has 0 aromatic carbocycles. The Kier molecular flexibility index (Phi) is 20.6. The van der Waals surface area contributed by atoms with Gasteiger partial charge in [-0.3, -0.25) is 0 Å². The molecule has 1 saturated carbocycles.